The predicted molar refractivity (Wildman–Crippen MR) is 82.6 cm³/mol. The Morgan fingerprint density at radius 3 is 2.81 bits per heavy atom. The molecule has 5 heteroatoms. The van der Waals surface area contributed by atoms with Gasteiger partial charge in [0.2, 0.25) is 11.7 Å². The van der Waals surface area contributed by atoms with Crippen LogP contribution in [0.2, 0.25) is 0 Å². The molecule has 0 spiro atoms. The lowest BCUT2D eigenvalue weighted by Crippen LogP contribution is -2.19. The Morgan fingerprint density at radius 2 is 2.14 bits per heavy atom. The molecule has 0 saturated carbocycles. The zero-order chi connectivity index (χ0) is 15.2. The number of aryl methyl sites for hydroxylation is 1. The van der Waals surface area contributed by atoms with Crippen molar-refractivity contribution in [2.75, 3.05) is 6.54 Å². The maximum atomic E-state index is 5.83. The van der Waals surface area contributed by atoms with E-state index in [4.69, 9.17) is 10.3 Å². The molecule has 0 aliphatic rings. The minimum Gasteiger partial charge on any atom is -0.339 e. The molecule has 1 unspecified atom stereocenters. The maximum absolute atomic E-state index is 5.83. The summed E-state index contributed by atoms with van der Waals surface area (Å²) in [5, 5.41) is 4.07. The number of nitrogens with two attached hydrogens (primary N) is 1. The monoisotopic (exact) mass is 288 g/mol. The third kappa shape index (κ3) is 4.11. The van der Waals surface area contributed by atoms with Crippen LogP contribution in [0.5, 0.6) is 0 Å². The summed E-state index contributed by atoms with van der Waals surface area (Å²) >= 11 is 0. The highest BCUT2D eigenvalue weighted by Gasteiger charge is 2.17. The van der Waals surface area contributed by atoms with Gasteiger partial charge in [0.25, 0.3) is 0 Å². The molecule has 2 heterocycles. The molecule has 2 rings (SSSR count). The molecule has 114 valence electrons. The first kappa shape index (κ1) is 15.6. The van der Waals surface area contributed by atoms with E-state index in [0.717, 1.165) is 30.5 Å². The van der Waals surface area contributed by atoms with Gasteiger partial charge in [0.15, 0.2) is 0 Å². The predicted octanol–water partition coefficient (Wildman–Crippen LogP) is 2.86. The van der Waals surface area contributed by atoms with Crippen molar-refractivity contribution in [3.05, 3.63) is 29.8 Å². The number of hydrogen-bond acceptors (Lipinski definition) is 5. The number of hydrogen-bond donors (Lipinski definition) is 1. The molecule has 2 N–H and O–H groups in total. The summed E-state index contributed by atoms with van der Waals surface area (Å²) in [6.07, 6.45) is 4.45. The van der Waals surface area contributed by atoms with Crippen LogP contribution in [-0.4, -0.2) is 21.7 Å². The van der Waals surface area contributed by atoms with Crippen molar-refractivity contribution in [1.29, 1.82) is 0 Å². The molecular weight excluding hydrogens is 264 g/mol. The second kappa shape index (κ2) is 7.31. The van der Waals surface area contributed by atoms with Crippen LogP contribution in [0.15, 0.2) is 22.9 Å². The fourth-order valence-corrected chi connectivity index (χ4v) is 2.54. The Labute approximate surface area is 126 Å². The summed E-state index contributed by atoms with van der Waals surface area (Å²) in [7, 11) is 0. The zero-order valence-corrected chi connectivity index (χ0v) is 13.0. The number of aromatic nitrogens is 3. The highest BCUT2D eigenvalue weighted by atomic mass is 16.5. The van der Waals surface area contributed by atoms with Crippen LogP contribution in [0.4, 0.5) is 0 Å². The van der Waals surface area contributed by atoms with Crippen LogP contribution in [0.3, 0.4) is 0 Å². The van der Waals surface area contributed by atoms with Crippen LogP contribution < -0.4 is 5.73 Å². The number of nitrogens with zero attached hydrogens (tertiary/aromatic N) is 3. The third-order valence-electron chi connectivity index (χ3n) is 3.55. The summed E-state index contributed by atoms with van der Waals surface area (Å²) in [5.74, 6) is 2.22. The molecule has 0 fully saturated rings. The minimum absolute atomic E-state index is 0.382. The zero-order valence-electron chi connectivity index (χ0n) is 13.0. The third-order valence-corrected chi connectivity index (χ3v) is 3.55. The Balaban J connectivity index is 2.14. The molecule has 0 aliphatic carbocycles. The van der Waals surface area contributed by atoms with Gasteiger partial charge in [-0.1, -0.05) is 32.0 Å². The van der Waals surface area contributed by atoms with Crippen molar-refractivity contribution in [2.45, 2.75) is 40.0 Å². The second-order valence-electron chi connectivity index (χ2n) is 5.81. The van der Waals surface area contributed by atoms with E-state index in [0.29, 0.717) is 30.1 Å². The van der Waals surface area contributed by atoms with Crippen molar-refractivity contribution in [2.24, 2.45) is 17.6 Å². The molecule has 0 aliphatic heterocycles. The lowest BCUT2D eigenvalue weighted by atomic mass is 9.94. The van der Waals surface area contributed by atoms with Gasteiger partial charge in [0.1, 0.15) is 5.69 Å². The smallest absolute Gasteiger partial charge is 0.227 e. The van der Waals surface area contributed by atoms with E-state index in [-0.39, 0.29) is 0 Å². The Bertz CT molecular complexity index is 565. The molecule has 0 bridgehead atoms. The molecule has 0 amide bonds. The Kier molecular flexibility index (Phi) is 5.44. The van der Waals surface area contributed by atoms with E-state index in [1.165, 1.54) is 0 Å². The van der Waals surface area contributed by atoms with Crippen LogP contribution >= 0.6 is 0 Å². The SMILES string of the molecule is CCc1cccnc1-c1noc(CC(CN)CC(C)C)n1. The highest BCUT2D eigenvalue weighted by Crippen LogP contribution is 2.21. The molecule has 21 heavy (non-hydrogen) atoms. The summed E-state index contributed by atoms with van der Waals surface area (Å²) in [6, 6.07) is 3.97. The molecular formula is C16H24N4O. The van der Waals surface area contributed by atoms with E-state index in [9.17, 15) is 0 Å². The quantitative estimate of drug-likeness (QED) is 0.847. The van der Waals surface area contributed by atoms with Crippen molar-refractivity contribution < 1.29 is 4.52 Å². The summed E-state index contributed by atoms with van der Waals surface area (Å²) < 4.78 is 5.38. The van der Waals surface area contributed by atoms with Gasteiger partial charge in [-0.2, -0.15) is 4.98 Å². The first-order valence-electron chi connectivity index (χ1n) is 7.60. The van der Waals surface area contributed by atoms with Crippen LogP contribution in [0.25, 0.3) is 11.5 Å². The maximum Gasteiger partial charge on any atom is 0.227 e. The largest absolute Gasteiger partial charge is 0.339 e. The van der Waals surface area contributed by atoms with Gasteiger partial charge >= 0.3 is 0 Å². The number of pyridine rings is 1. The minimum atomic E-state index is 0.382. The van der Waals surface area contributed by atoms with Gasteiger partial charge in [-0.25, -0.2) is 0 Å². The summed E-state index contributed by atoms with van der Waals surface area (Å²) in [6.45, 7) is 7.13. The molecule has 0 aromatic carbocycles. The van der Waals surface area contributed by atoms with Crippen LogP contribution in [0, 0.1) is 11.8 Å². The Morgan fingerprint density at radius 1 is 1.33 bits per heavy atom. The van der Waals surface area contributed by atoms with Crippen molar-refractivity contribution in [3.63, 3.8) is 0 Å². The van der Waals surface area contributed by atoms with Gasteiger partial charge in [0, 0.05) is 12.6 Å². The van der Waals surface area contributed by atoms with E-state index in [1.807, 2.05) is 12.1 Å². The van der Waals surface area contributed by atoms with Crippen molar-refractivity contribution >= 4 is 0 Å². The van der Waals surface area contributed by atoms with E-state index >= 15 is 0 Å². The first-order valence-corrected chi connectivity index (χ1v) is 7.60. The van der Waals surface area contributed by atoms with Gasteiger partial charge < -0.3 is 10.3 Å². The normalized spacial score (nSPS) is 12.8. The molecule has 0 radical (unpaired) electrons. The van der Waals surface area contributed by atoms with E-state index in [1.54, 1.807) is 6.20 Å². The number of rotatable bonds is 7. The molecule has 2 aromatic heterocycles. The topological polar surface area (TPSA) is 77.8 Å². The second-order valence-corrected chi connectivity index (χ2v) is 5.81. The van der Waals surface area contributed by atoms with Gasteiger partial charge in [-0.15, -0.1) is 0 Å². The van der Waals surface area contributed by atoms with Crippen molar-refractivity contribution in [3.8, 4) is 11.5 Å². The average Bonchev–Trinajstić information content (AvgIpc) is 2.94. The summed E-state index contributed by atoms with van der Waals surface area (Å²) in [4.78, 5) is 8.86. The average molecular weight is 288 g/mol. The van der Waals surface area contributed by atoms with Crippen LogP contribution in [-0.2, 0) is 12.8 Å². The lowest BCUT2D eigenvalue weighted by molar-refractivity contribution is 0.332. The van der Waals surface area contributed by atoms with Gasteiger partial charge in [0.05, 0.1) is 0 Å². The molecule has 1 atom stereocenters. The van der Waals surface area contributed by atoms with E-state index in [2.05, 4.69) is 35.9 Å². The fraction of sp³-hybridized carbons (Fsp3) is 0.562. The van der Waals surface area contributed by atoms with Crippen LogP contribution in [0.1, 0.15) is 38.6 Å². The summed E-state index contributed by atoms with van der Waals surface area (Å²) in [5.41, 5.74) is 7.77. The molecule has 5 nitrogen and oxygen atoms in total. The Hall–Kier alpha value is -1.75. The lowest BCUT2D eigenvalue weighted by Gasteiger charge is -2.14. The molecule has 2 aromatic rings. The standard InChI is InChI=1S/C16H24N4O/c1-4-13-6-5-7-18-15(13)16-19-14(21-20-16)9-12(10-17)8-11(2)3/h5-7,11-12H,4,8-10,17H2,1-3H3. The van der Waals surface area contributed by atoms with E-state index < -0.39 is 0 Å². The van der Waals surface area contributed by atoms with Gasteiger partial charge in [-0.3, -0.25) is 4.98 Å². The fourth-order valence-electron chi connectivity index (χ4n) is 2.54. The molecule has 0 saturated heterocycles. The highest BCUT2D eigenvalue weighted by molar-refractivity contribution is 5.53. The van der Waals surface area contributed by atoms with Crippen molar-refractivity contribution in [1.82, 2.24) is 15.1 Å². The van der Waals surface area contributed by atoms with Gasteiger partial charge in [-0.05, 0) is 42.9 Å². The first-order chi connectivity index (χ1) is 10.1.